The van der Waals surface area contributed by atoms with Gasteiger partial charge in [-0.2, -0.15) is 10.2 Å². The molecule has 6 nitrogen and oxygen atoms in total. The van der Waals surface area contributed by atoms with Crippen LogP contribution in [0.4, 0.5) is 11.6 Å². The minimum atomic E-state index is 0.555. The number of methoxy groups -OCH3 is 1. The van der Waals surface area contributed by atoms with Crippen molar-refractivity contribution in [3.8, 4) is 11.9 Å². The van der Waals surface area contributed by atoms with Gasteiger partial charge in [0.05, 0.1) is 18.4 Å². The van der Waals surface area contributed by atoms with E-state index in [4.69, 9.17) is 16.3 Å². The van der Waals surface area contributed by atoms with Gasteiger partial charge in [-0.1, -0.05) is 11.6 Å². The van der Waals surface area contributed by atoms with Gasteiger partial charge in [-0.05, 0) is 18.2 Å². The summed E-state index contributed by atoms with van der Waals surface area (Å²) < 4.78 is 5.14. The van der Waals surface area contributed by atoms with Gasteiger partial charge >= 0.3 is 0 Å². The lowest BCUT2D eigenvalue weighted by molar-refractivity contribution is 0.396. The Kier molecular flexibility index (Phi) is 4.49. The van der Waals surface area contributed by atoms with E-state index in [1.54, 1.807) is 31.5 Å². The predicted octanol–water partition coefficient (Wildman–Crippen LogP) is 2.34. The number of anilines is 2. The van der Waals surface area contributed by atoms with E-state index < -0.39 is 0 Å². The van der Waals surface area contributed by atoms with Crippen molar-refractivity contribution >= 4 is 23.2 Å². The molecule has 23 heavy (non-hydrogen) atoms. The van der Waals surface area contributed by atoms with Crippen molar-refractivity contribution in [3.05, 3.63) is 41.0 Å². The molecule has 1 aromatic heterocycles. The summed E-state index contributed by atoms with van der Waals surface area (Å²) in [5.41, 5.74) is 1.52. The molecule has 0 unspecified atom stereocenters. The Hall–Kier alpha value is -2.52. The van der Waals surface area contributed by atoms with E-state index in [1.807, 2.05) is 6.07 Å². The number of hydrogen-bond acceptors (Lipinski definition) is 6. The van der Waals surface area contributed by atoms with Crippen LogP contribution in [0.2, 0.25) is 5.02 Å². The van der Waals surface area contributed by atoms with Crippen LogP contribution in [-0.4, -0.2) is 43.3 Å². The Morgan fingerprint density at radius 2 is 1.91 bits per heavy atom. The first-order valence-electron chi connectivity index (χ1n) is 7.28. The predicted molar refractivity (Wildman–Crippen MR) is 89.2 cm³/mol. The molecule has 2 aromatic rings. The molecule has 7 heteroatoms. The van der Waals surface area contributed by atoms with Crippen molar-refractivity contribution in [2.45, 2.75) is 0 Å². The normalized spacial score (nSPS) is 14.5. The first-order chi connectivity index (χ1) is 11.2. The number of nitriles is 1. The summed E-state index contributed by atoms with van der Waals surface area (Å²) in [7, 11) is 1.59. The van der Waals surface area contributed by atoms with Gasteiger partial charge in [0.25, 0.3) is 0 Å². The molecule has 1 aliphatic rings. The SMILES string of the molecule is COc1ccnc(N2CCN(c3cc(Cl)ccc3C#N)CC2)n1. The highest BCUT2D eigenvalue weighted by atomic mass is 35.5. The van der Waals surface area contributed by atoms with E-state index in [-0.39, 0.29) is 0 Å². The van der Waals surface area contributed by atoms with Gasteiger partial charge in [-0.25, -0.2) is 4.98 Å². The number of halogens is 1. The molecule has 1 aliphatic heterocycles. The lowest BCUT2D eigenvalue weighted by Crippen LogP contribution is -2.47. The monoisotopic (exact) mass is 329 g/mol. The molecule has 0 bridgehead atoms. The third kappa shape index (κ3) is 3.30. The molecule has 1 saturated heterocycles. The van der Waals surface area contributed by atoms with Crippen molar-refractivity contribution in [1.82, 2.24) is 9.97 Å². The fourth-order valence-corrected chi connectivity index (χ4v) is 2.77. The average molecular weight is 330 g/mol. The lowest BCUT2D eigenvalue weighted by atomic mass is 10.1. The van der Waals surface area contributed by atoms with Gasteiger partial charge in [0.1, 0.15) is 6.07 Å². The van der Waals surface area contributed by atoms with Gasteiger partial charge in [0.15, 0.2) is 0 Å². The summed E-state index contributed by atoms with van der Waals surface area (Å²) in [5, 5.41) is 9.90. The Bertz CT molecular complexity index is 737. The maximum Gasteiger partial charge on any atom is 0.228 e. The topological polar surface area (TPSA) is 65.3 Å². The standard InChI is InChI=1S/C16H16ClN5O/c1-23-15-4-5-19-16(20-15)22-8-6-21(7-9-22)14-10-13(17)3-2-12(14)11-18/h2-5,10H,6-9H2,1H3. The number of ether oxygens (including phenoxy) is 1. The second kappa shape index (κ2) is 6.71. The largest absolute Gasteiger partial charge is 0.481 e. The van der Waals surface area contributed by atoms with E-state index in [0.717, 1.165) is 31.9 Å². The van der Waals surface area contributed by atoms with E-state index in [2.05, 4.69) is 25.8 Å². The maximum atomic E-state index is 9.26. The lowest BCUT2D eigenvalue weighted by Gasteiger charge is -2.36. The third-order valence-corrected chi connectivity index (χ3v) is 4.04. The Morgan fingerprint density at radius 3 is 2.61 bits per heavy atom. The molecule has 0 N–H and O–H groups in total. The molecule has 0 atom stereocenters. The summed E-state index contributed by atoms with van der Waals surface area (Å²) in [4.78, 5) is 12.9. The summed E-state index contributed by atoms with van der Waals surface area (Å²) >= 11 is 6.07. The minimum absolute atomic E-state index is 0.555. The van der Waals surface area contributed by atoms with E-state index in [9.17, 15) is 5.26 Å². The molecule has 0 saturated carbocycles. The molecule has 0 spiro atoms. The molecule has 1 aromatic carbocycles. The van der Waals surface area contributed by atoms with Crippen molar-refractivity contribution in [2.75, 3.05) is 43.1 Å². The van der Waals surface area contributed by atoms with Gasteiger partial charge < -0.3 is 14.5 Å². The van der Waals surface area contributed by atoms with Crippen LogP contribution in [0.1, 0.15) is 5.56 Å². The number of aromatic nitrogens is 2. The van der Waals surface area contributed by atoms with Crippen LogP contribution in [0.15, 0.2) is 30.5 Å². The van der Waals surface area contributed by atoms with Gasteiger partial charge in [-0.3, -0.25) is 0 Å². The van der Waals surface area contributed by atoms with Crippen LogP contribution in [0.25, 0.3) is 0 Å². The van der Waals surface area contributed by atoms with Crippen molar-refractivity contribution in [1.29, 1.82) is 5.26 Å². The highest BCUT2D eigenvalue weighted by Crippen LogP contribution is 2.26. The highest BCUT2D eigenvalue weighted by molar-refractivity contribution is 6.30. The van der Waals surface area contributed by atoms with Crippen LogP contribution < -0.4 is 14.5 Å². The second-order valence-electron chi connectivity index (χ2n) is 5.15. The van der Waals surface area contributed by atoms with Crippen LogP contribution >= 0.6 is 11.6 Å². The van der Waals surface area contributed by atoms with E-state index in [1.165, 1.54) is 0 Å². The van der Waals surface area contributed by atoms with Crippen LogP contribution in [0.5, 0.6) is 5.88 Å². The van der Waals surface area contributed by atoms with E-state index in [0.29, 0.717) is 22.4 Å². The van der Waals surface area contributed by atoms with Gasteiger partial charge in [0, 0.05) is 43.5 Å². The molecule has 3 rings (SSSR count). The van der Waals surface area contributed by atoms with Crippen molar-refractivity contribution in [3.63, 3.8) is 0 Å². The highest BCUT2D eigenvalue weighted by Gasteiger charge is 2.21. The summed E-state index contributed by atoms with van der Waals surface area (Å²) in [6.07, 6.45) is 1.69. The quantitative estimate of drug-likeness (QED) is 0.861. The molecule has 2 heterocycles. The third-order valence-electron chi connectivity index (χ3n) is 3.81. The Balaban J connectivity index is 1.74. The zero-order valence-electron chi connectivity index (χ0n) is 12.7. The van der Waals surface area contributed by atoms with E-state index >= 15 is 0 Å². The zero-order valence-corrected chi connectivity index (χ0v) is 13.5. The van der Waals surface area contributed by atoms with Crippen molar-refractivity contribution in [2.24, 2.45) is 0 Å². The first-order valence-corrected chi connectivity index (χ1v) is 7.65. The number of benzene rings is 1. The fourth-order valence-electron chi connectivity index (χ4n) is 2.61. The summed E-state index contributed by atoms with van der Waals surface area (Å²) in [6, 6.07) is 9.29. The first kappa shape index (κ1) is 15.4. The number of nitrogens with zero attached hydrogens (tertiary/aromatic N) is 5. The number of hydrogen-bond donors (Lipinski definition) is 0. The Morgan fingerprint density at radius 1 is 1.17 bits per heavy atom. The Labute approximate surface area is 139 Å². The fraction of sp³-hybridized carbons (Fsp3) is 0.312. The molecular weight excluding hydrogens is 314 g/mol. The van der Waals surface area contributed by atoms with Crippen LogP contribution in [0, 0.1) is 11.3 Å². The second-order valence-corrected chi connectivity index (χ2v) is 5.58. The molecule has 0 aliphatic carbocycles. The van der Waals surface area contributed by atoms with Gasteiger partial charge in [-0.15, -0.1) is 0 Å². The molecule has 0 amide bonds. The van der Waals surface area contributed by atoms with Crippen LogP contribution in [-0.2, 0) is 0 Å². The smallest absolute Gasteiger partial charge is 0.228 e. The minimum Gasteiger partial charge on any atom is -0.481 e. The molecule has 1 fully saturated rings. The van der Waals surface area contributed by atoms with Crippen molar-refractivity contribution < 1.29 is 4.74 Å². The molecule has 118 valence electrons. The van der Waals surface area contributed by atoms with Gasteiger partial charge in [0.2, 0.25) is 11.8 Å². The maximum absolute atomic E-state index is 9.26. The number of piperazine rings is 1. The average Bonchev–Trinajstić information content (AvgIpc) is 2.62. The summed E-state index contributed by atoms with van der Waals surface area (Å²) in [5.74, 6) is 1.22. The zero-order chi connectivity index (χ0) is 16.2. The van der Waals surface area contributed by atoms with Crippen LogP contribution in [0.3, 0.4) is 0 Å². The number of rotatable bonds is 3. The molecule has 0 radical (unpaired) electrons. The molecular formula is C16H16ClN5O. The summed E-state index contributed by atoms with van der Waals surface area (Å²) in [6.45, 7) is 3.08.